The third-order valence-electron chi connectivity index (χ3n) is 4.31. The Bertz CT molecular complexity index is 811. The zero-order valence-corrected chi connectivity index (χ0v) is 15.6. The Hall–Kier alpha value is -2.15. The Labute approximate surface area is 151 Å². The highest BCUT2D eigenvalue weighted by Crippen LogP contribution is 2.31. The van der Waals surface area contributed by atoms with Gasteiger partial charge in [0.15, 0.2) is 0 Å². The molecule has 25 heavy (non-hydrogen) atoms. The first-order valence-corrected chi connectivity index (χ1v) is 9.50. The van der Waals surface area contributed by atoms with Gasteiger partial charge in [0.05, 0.1) is 11.8 Å². The van der Waals surface area contributed by atoms with Crippen molar-refractivity contribution in [2.45, 2.75) is 27.4 Å². The number of nitrogens with one attached hydrogen (secondary N) is 1. The number of hydrogen-bond acceptors (Lipinski definition) is 5. The van der Waals surface area contributed by atoms with Crippen molar-refractivity contribution in [3.05, 3.63) is 39.9 Å². The van der Waals surface area contributed by atoms with Gasteiger partial charge in [-0.2, -0.15) is 16.5 Å². The van der Waals surface area contributed by atoms with Crippen LogP contribution in [0, 0.1) is 13.8 Å². The molecule has 3 rings (SSSR count). The number of thioether (sulfide) groups is 1. The average molecular weight is 361 g/mol. The van der Waals surface area contributed by atoms with Crippen LogP contribution in [0.25, 0.3) is 11.1 Å². The van der Waals surface area contributed by atoms with E-state index in [1.54, 1.807) is 6.20 Å². The van der Waals surface area contributed by atoms with Crippen LogP contribution in [-0.4, -0.2) is 35.2 Å². The molecule has 1 saturated heterocycles. The van der Waals surface area contributed by atoms with Crippen LogP contribution in [0.3, 0.4) is 0 Å². The molecule has 0 spiro atoms. The Morgan fingerprint density at radius 3 is 2.48 bits per heavy atom. The minimum Gasteiger partial charge on any atom is -0.369 e. The summed E-state index contributed by atoms with van der Waals surface area (Å²) in [5.41, 5.74) is 4.56. The fourth-order valence-electron chi connectivity index (χ4n) is 3.24. The molecule has 1 fully saturated rings. The molecule has 1 aliphatic rings. The molecule has 1 aliphatic heterocycles. The maximum atomic E-state index is 12.2. The summed E-state index contributed by atoms with van der Waals surface area (Å²) in [6, 6.07) is 4.08. The van der Waals surface area contributed by atoms with Gasteiger partial charge in [-0.15, -0.1) is 0 Å². The molecule has 0 atom stereocenters. The first-order valence-electron chi connectivity index (χ1n) is 8.35. The largest absolute Gasteiger partial charge is 0.369 e. The summed E-state index contributed by atoms with van der Waals surface area (Å²) in [7, 11) is 0. The summed E-state index contributed by atoms with van der Waals surface area (Å²) in [4.78, 5) is 25.6. The van der Waals surface area contributed by atoms with Crippen LogP contribution >= 0.6 is 11.8 Å². The van der Waals surface area contributed by atoms with E-state index in [4.69, 9.17) is 4.52 Å². The molecule has 2 aromatic rings. The van der Waals surface area contributed by atoms with Crippen LogP contribution < -0.4 is 15.8 Å². The standard InChI is InChI=1S/C18H23N3O3S/c1-12-8-15(9-13(2)17(12)20-4-6-25-7-5-20)16-10-21(24-18(16)23)11-19-14(3)22/h8-10H,4-7,11H2,1-3H3,(H,19,22). The van der Waals surface area contributed by atoms with Gasteiger partial charge in [-0.3, -0.25) is 4.79 Å². The smallest absolute Gasteiger partial charge is 0.365 e. The molecular weight excluding hydrogens is 338 g/mol. The lowest BCUT2D eigenvalue weighted by Crippen LogP contribution is -2.33. The van der Waals surface area contributed by atoms with E-state index >= 15 is 0 Å². The zero-order chi connectivity index (χ0) is 18.0. The summed E-state index contributed by atoms with van der Waals surface area (Å²) in [6.45, 7) is 7.86. The van der Waals surface area contributed by atoms with E-state index in [-0.39, 0.29) is 12.6 Å². The lowest BCUT2D eigenvalue weighted by Gasteiger charge is -2.31. The molecule has 134 valence electrons. The maximum absolute atomic E-state index is 12.2. The van der Waals surface area contributed by atoms with E-state index in [2.05, 4.69) is 24.1 Å². The molecule has 0 radical (unpaired) electrons. The predicted molar refractivity (Wildman–Crippen MR) is 101 cm³/mol. The van der Waals surface area contributed by atoms with Crippen molar-refractivity contribution in [1.82, 2.24) is 10.1 Å². The second-order valence-corrected chi connectivity index (χ2v) is 7.51. The third-order valence-corrected chi connectivity index (χ3v) is 5.25. The number of aromatic nitrogens is 1. The third kappa shape index (κ3) is 3.92. The van der Waals surface area contributed by atoms with Gasteiger partial charge in [0.1, 0.15) is 6.67 Å². The fraction of sp³-hybridized carbons (Fsp3) is 0.444. The number of benzene rings is 1. The van der Waals surface area contributed by atoms with Crippen molar-refractivity contribution in [2.75, 3.05) is 29.5 Å². The van der Waals surface area contributed by atoms with Crippen LogP contribution in [0.1, 0.15) is 18.1 Å². The van der Waals surface area contributed by atoms with Gasteiger partial charge >= 0.3 is 5.63 Å². The van der Waals surface area contributed by atoms with E-state index in [9.17, 15) is 9.59 Å². The molecular formula is C18H23N3O3S. The van der Waals surface area contributed by atoms with Gasteiger partial charge in [0.2, 0.25) is 5.91 Å². The number of aryl methyl sites for hydroxylation is 2. The monoisotopic (exact) mass is 361 g/mol. The van der Waals surface area contributed by atoms with Crippen LogP contribution in [-0.2, 0) is 11.5 Å². The molecule has 7 heteroatoms. The molecule has 1 aromatic carbocycles. The molecule has 6 nitrogen and oxygen atoms in total. The molecule has 0 bridgehead atoms. The number of rotatable bonds is 4. The van der Waals surface area contributed by atoms with Gasteiger partial charge in [-0.1, -0.05) is 0 Å². The van der Waals surface area contributed by atoms with E-state index in [1.165, 1.54) is 17.4 Å². The molecule has 1 aromatic heterocycles. The van der Waals surface area contributed by atoms with Gasteiger partial charge in [-0.25, -0.2) is 4.79 Å². The van der Waals surface area contributed by atoms with Crippen molar-refractivity contribution in [3.8, 4) is 11.1 Å². The second-order valence-electron chi connectivity index (χ2n) is 6.29. The van der Waals surface area contributed by atoms with Crippen LogP contribution in [0.4, 0.5) is 5.69 Å². The van der Waals surface area contributed by atoms with E-state index < -0.39 is 5.63 Å². The van der Waals surface area contributed by atoms with E-state index in [0.29, 0.717) is 5.56 Å². The second kappa shape index (κ2) is 7.39. The molecule has 1 N–H and O–H groups in total. The van der Waals surface area contributed by atoms with Crippen LogP contribution in [0.15, 0.2) is 27.6 Å². The highest BCUT2D eigenvalue weighted by molar-refractivity contribution is 7.99. The average Bonchev–Trinajstić information content (AvgIpc) is 2.94. The highest BCUT2D eigenvalue weighted by Gasteiger charge is 2.18. The Morgan fingerprint density at radius 2 is 1.88 bits per heavy atom. The minimum absolute atomic E-state index is 0.145. The highest BCUT2D eigenvalue weighted by atomic mass is 32.2. The topological polar surface area (TPSA) is 67.5 Å². The van der Waals surface area contributed by atoms with Crippen LogP contribution in [0.2, 0.25) is 0 Å². The molecule has 0 unspecified atom stereocenters. The Kier molecular flexibility index (Phi) is 5.22. The summed E-state index contributed by atoms with van der Waals surface area (Å²) in [5.74, 6) is 2.13. The minimum atomic E-state index is -0.397. The van der Waals surface area contributed by atoms with Crippen molar-refractivity contribution in [3.63, 3.8) is 0 Å². The maximum Gasteiger partial charge on any atom is 0.365 e. The normalized spacial score (nSPS) is 14.6. The summed E-state index contributed by atoms with van der Waals surface area (Å²) in [5, 5.41) is 2.61. The number of hydrogen-bond donors (Lipinski definition) is 1. The van der Waals surface area contributed by atoms with Crippen molar-refractivity contribution < 1.29 is 9.32 Å². The molecule has 0 aliphatic carbocycles. The SMILES string of the molecule is CC(=O)NCn1cc(-c2cc(C)c(N3CCSCC3)c(C)c2)c(=O)o1. The number of carbonyl (C=O) groups is 1. The van der Waals surface area contributed by atoms with Crippen molar-refractivity contribution >= 4 is 23.4 Å². The predicted octanol–water partition coefficient (Wildman–Crippen LogP) is 2.37. The fourth-order valence-corrected chi connectivity index (χ4v) is 4.14. The van der Waals surface area contributed by atoms with Gasteiger partial charge in [0, 0.05) is 37.2 Å². The number of nitrogens with zero attached hydrogens (tertiary/aromatic N) is 2. The Balaban J connectivity index is 1.91. The lowest BCUT2D eigenvalue weighted by molar-refractivity contribution is -0.119. The first kappa shape index (κ1) is 17.7. The van der Waals surface area contributed by atoms with Gasteiger partial charge in [-0.05, 0) is 42.7 Å². The summed E-state index contributed by atoms with van der Waals surface area (Å²) < 4.78 is 6.53. The number of anilines is 1. The van der Waals surface area contributed by atoms with Gasteiger partial charge < -0.3 is 14.7 Å². The van der Waals surface area contributed by atoms with Crippen molar-refractivity contribution in [2.24, 2.45) is 0 Å². The summed E-state index contributed by atoms with van der Waals surface area (Å²) >= 11 is 1.99. The Morgan fingerprint density at radius 1 is 1.24 bits per heavy atom. The van der Waals surface area contributed by atoms with Crippen molar-refractivity contribution in [1.29, 1.82) is 0 Å². The number of amides is 1. The molecule has 2 heterocycles. The van der Waals surface area contributed by atoms with E-state index in [0.717, 1.165) is 41.3 Å². The first-order chi connectivity index (χ1) is 12.0. The number of carbonyl (C=O) groups excluding carboxylic acids is 1. The lowest BCUT2D eigenvalue weighted by atomic mass is 10.00. The zero-order valence-electron chi connectivity index (χ0n) is 14.8. The summed E-state index contributed by atoms with van der Waals surface area (Å²) in [6.07, 6.45) is 1.64. The molecule has 0 saturated carbocycles. The quantitative estimate of drug-likeness (QED) is 0.906. The van der Waals surface area contributed by atoms with Crippen LogP contribution in [0.5, 0.6) is 0 Å². The van der Waals surface area contributed by atoms with E-state index in [1.807, 2.05) is 23.9 Å². The van der Waals surface area contributed by atoms with Gasteiger partial charge in [0.25, 0.3) is 0 Å². The molecule has 1 amide bonds.